The summed E-state index contributed by atoms with van der Waals surface area (Å²) in [7, 11) is 0. The number of carbonyl (C=O) groups is 2. The smallest absolute Gasteiger partial charge is 0.321 e. The molecule has 5 nitrogen and oxygen atoms in total. The van der Waals surface area contributed by atoms with Gasteiger partial charge in [0.2, 0.25) is 0 Å². The first kappa shape index (κ1) is 30.6. The van der Waals surface area contributed by atoms with Crippen LogP contribution in [0.5, 0.6) is 0 Å². The molecule has 0 radical (unpaired) electrons. The number of nitrogens with one attached hydrogen (secondary N) is 1. The van der Waals surface area contributed by atoms with Crippen molar-refractivity contribution in [2.24, 2.45) is 0 Å². The molecule has 0 aliphatic carbocycles. The van der Waals surface area contributed by atoms with Crippen LogP contribution in [0.25, 0.3) is 4.85 Å². The molecule has 0 aliphatic heterocycles. The molecule has 3 aromatic carbocycles. The fraction of sp³-hybridized carbons (Fsp3) is 0.192. The molecule has 2 amide bonds. The number of halogens is 9. The summed E-state index contributed by atoms with van der Waals surface area (Å²) in [5, 5.41) is 2.18. The van der Waals surface area contributed by atoms with Gasteiger partial charge in [-0.2, -0.15) is 26.3 Å². The highest BCUT2D eigenvalue weighted by Crippen LogP contribution is 2.54. The predicted molar refractivity (Wildman–Crippen MR) is 133 cm³/mol. The van der Waals surface area contributed by atoms with E-state index in [1.165, 1.54) is 18.2 Å². The summed E-state index contributed by atoms with van der Waals surface area (Å²) in [6.07, 6.45) is -12.7. The Hall–Kier alpha value is -3.99. The lowest BCUT2D eigenvalue weighted by atomic mass is 9.92. The van der Waals surface area contributed by atoms with Gasteiger partial charge in [-0.15, -0.1) is 0 Å². The third kappa shape index (κ3) is 5.65. The maximum absolute atomic E-state index is 15.5. The second kappa shape index (κ2) is 11.2. The van der Waals surface area contributed by atoms with E-state index in [1.54, 1.807) is 18.2 Å². The fourth-order valence-corrected chi connectivity index (χ4v) is 4.39. The van der Waals surface area contributed by atoms with E-state index in [9.17, 15) is 40.3 Å². The van der Waals surface area contributed by atoms with E-state index < -0.39 is 69.2 Å². The Morgan fingerprint density at radius 3 is 2.08 bits per heavy atom. The summed E-state index contributed by atoms with van der Waals surface area (Å²) in [6.45, 7) is 7.55. The quantitative estimate of drug-likeness (QED) is 0.221. The highest BCUT2D eigenvalue weighted by atomic mass is 79.9. The Bertz CT molecular complexity index is 1450. The van der Waals surface area contributed by atoms with Crippen LogP contribution in [-0.4, -0.2) is 30.8 Å². The Morgan fingerprint density at radius 1 is 0.950 bits per heavy atom. The summed E-state index contributed by atoms with van der Waals surface area (Å²) in [5.41, 5.74) is -9.20. The number of benzene rings is 3. The lowest BCUT2D eigenvalue weighted by Gasteiger charge is -2.31. The van der Waals surface area contributed by atoms with Gasteiger partial charge in [0.05, 0.1) is 16.9 Å². The molecule has 14 heteroatoms. The number of hydrogen-bond donors (Lipinski definition) is 1. The Kier molecular flexibility index (Phi) is 8.59. The van der Waals surface area contributed by atoms with Gasteiger partial charge in [0, 0.05) is 15.6 Å². The first-order valence-electron chi connectivity index (χ1n) is 11.0. The molecule has 0 bridgehead atoms. The Labute approximate surface area is 230 Å². The van der Waals surface area contributed by atoms with Gasteiger partial charge in [-0.3, -0.25) is 14.4 Å². The molecule has 40 heavy (non-hydrogen) atoms. The van der Waals surface area contributed by atoms with E-state index in [4.69, 9.17) is 6.57 Å². The predicted octanol–water partition coefficient (Wildman–Crippen LogP) is 7.96. The highest BCUT2D eigenvalue weighted by molar-refractivity contribution is 9.10. The number of amides is 2. The SMILES string of the molecule is [C-]#[N+]CN(C(=O)c1ccccc1)c1cccc(C(=O)Nc2c(C)cc(C(F)(C(F)(F)F)C(F)(F)F)cc2Br)c1F. The zero-order valence-electron chi connectivity index (χ0n) is 20.1. The molecule has 0 heterocycles. The number of aryl methyl sites for hydroxylation is 1. The number of carbonyl (C=O) groups excluding carboxylic acids is 2. The molecule has 0 aromatic heterocycles. The second-order valence-electron chi connectivity index (χ2n) is 8.30. The standard InChI is InChI=1S/C26H16BrF8N3O2/c1-14-11-16(24(29,25(30,31)32)26(33,34)35)12-18(27)21(14)37-22(39)17-9-6-10-19(20(17)28)38(13-36-2)23(40)15-7-4-3-5-8-15/h3-12H,13H2,1H3,(H,37,39). The van der Waals surface area contributed by atoms with Crippen LogP contribution in [0.3, 0.4) is 0 Å². The summed E-state index contributed by atoms with van der Waals surface area (Å²) in [6, 6.07) is 11.4. The van der Waals surface area contributed by atoms with Crippen molar-refractivity contribution in [2.75, 3.05) is 16.9 Å². The van der Waals surface area contributed by atoms with Crippen LogP contribution in [0, 0.1) is 19.3 Å². The molecule has 210 valence electrons. The van der Waals surface area contributed by atoms with Crippen molar-refractivity contribution in [3.8, 4) is 0 Å². The molecular formula is C26H16BrF8N3O2. The molecule has 0 saturated carbocycles. The first-order chi connectivity index (χ1) is 18.5. The van der Waals surface area contributed by atoms with Crippen molar-refractivity contribution in [3.05, 3.63) is 105 Å². The molecule has 1 N–H and O–H groups in total. The van der Waals surface area contributed by atoms with Crippen molar-refractivity contribution >= 4 is 39.1 Å². The summed E-state index contributed by atoms with van der Waals surface area (Å²) >= 11 is 2.75. The van der Waals surface area contributed by atoms with Crippen LogP contribution in [0.15, 0.2) is 65.1 Å². The molecular weight excluding hydrogens is 618 g/mol. The Morgan fingerprint density at radius 2 is 1.55 bits per heavy atom. The summed E-state index contributed by atoms with van der Waals surface area (Å²) < 4.78 is 109. The molecule has 0 saturated heterocycles. The minimum atomic E-state index is -6.35. The van der Waals surface area contributed by atoms with E-state index in [-0.39, 0.29) is 23.4 Å². The molecule has 0 fully saturated rings. The first-order valence-corrected chi connectivity index (χ1v) is 11.8. The monoisotopic (exact) mass is 633 g/mol. The molecule has 0 atom stereocenters. The largest absolute Gasteiger partial charge is 0.435 e. The maximum atomic E-state index is 15.5. The molecule has 3 aromatic rings. The third-order valence-electron chi connectivity index (χ3n) is 5.70. The van der Waals surface area contributed by atoms with Gasteiger partial charge in [0.25, 0.3) is 18.5 Å². The molecule has 0 unspecified atom stereocenters. The van der Waals surface area contributed by atoms with Gasteiger partial charge in [0.15, 0.2) is 5.82 Å². The van der Waals surface area contributed by atoms with Crippen molar-refractivity contribution in [1.82, 2.24) is 0 Å². The lowest BCUT2D eigenvalue weighted by Crippen LogP contribution is -2.50. The van der Waals surface area contributed by atoms with Crippen LogP contribution < -0.4 is 10.2 Å². The van der Waals surface area contributed by atoms with E-state index in [1.807, 2.05) is 0 Å². The van der Waals surface area contributed by atoms with Crippen LogP contribution >= 0.6 is 15.9 Å². The number of rotatable bonds is 6. The second-order valence-corrected chi connectivity index (χ2v) is 9.15. The normalized spacial score (nSPS) is 12.0. The van der Waals surface area contributed by atoms with Crippen molar-refractivity contribution in [2.45, 2.75) is 24.9 Å². The average molecular weight is 634 g/mol. The van der Waals surface area contributed by atoms with Crippen molar-refractivity contribution < 1.29 is 44.7 Å². The average Bonchev–Trinajstić information content (AvgIpc) is 2.87. The van der Waals surface area contributed by atoms with Crippen LogP contribution in [0.4, 0.5) is 46.5 Å². The number of alkyl halides is 7. The number of hydrogen-bond acceptors (Lipinski definition) is 2. The van der Waals surface area contributed by atoms with Gasteiger partial charge in [-0.1, -0.05) is 30.3 Å². The van der Waals surface area contributed by atoms with Gasteiger partial charge >= 0.3 is 18.0 Å². The minimum absolute atomic E-state index is 0.127. The number of anilines is 2. The van der Waals surface area contributed by atoms with E-state index >= 15 is 4.39 Å². The van der Waals surface area contributed by atoms with Gasteiger partial charge in [0.1, 0.15) is 0 Å². The minimum Gasteiger partial charge on any atom is -0.321 e. The van der Waals surface area contributed by atoms with Crippen LogP contribution in [0.1, 0.15) is 31.8 Å². The number of nitrogens with zero attached hydrogens (tertiary/aromatic N) is 2. The molecule has 0 aliphatic rings. The Balaban J connectivity index is 2.00. The van der Waals surface area contributed by atoms with E-state index in [2.05, 4.69) is 26.1 Å². The third-order valence-corrected chi connectivity index (χ3v) is 6.32. The van der Waals surface area contributed by atoms with Crippen molar-refractivity contribution in [1.29, 1.82) is 0 Å². The van der Waals surface area contributed by atoms with Crippen LogP contribution in [0.2, 0.25) is 0 Å². The zero-order chi connectivity index (χ0) is 30.0. The van der Waals surface area contributed by atoms with E-state index in [0.717, 1.165) is 24.0 Å². The van der Waals surface area contributed by atoms with E-state index in [0.29, 0.717) is 0 Å². The summed E-state index contributed by atoms with van der Waals surface area (Å²) in [5.74, 6) is -3.16. The van der Waals surface area contributed by atoms with Gasteiger partial charge in [-0.25, -0.2) is 20.3 Å². The van der Waals surface area contributed by atoms with Gasteiger partial charge < -0.3 is 5.32 Å². The summed E-state index contributed by atoms with van der Waals surface area (Å²) in [4.78, 5) is 29.8. The lowest BCUT2D eigenvalue weighted by molar-refractivity contribution is -0.348. The fourth-order valence-electron chi connectivity index (χ4n) is 3.73. The van der Waals surface area contributed by atoms with Gasteiger partial charge in [-0.05, 0) is 58.7 Å². The van der Waals surface area contributed by atoms with Crippen molar-refractivity contribution in [3.63, 3.8) is 0 Å². The van der Waals surface area contributed by atoms with Crippen LogP contribution in [-0.2, 0) is 5.67 Å². The zero-order valence-corrected chi connectivity index (χ0v) is 21.7. The highest BCUT2D eigenvalue weighted by Gasteiger charge is 2.73. The topological polar surface area (TPSA) is 53.8 Å². The maximum Gasteiger partial charge on any atom is 0.435 e. The molecule has 0 spiro atoms. The molecule has 3 rings (SSSR count).